The molecule has 0 aliphatic heterocycles. The third kappa shape index (κ3) is 11.0. The van der Waals surface area contributed by atoms with Gasteiger partial charge >= 0.3 is 11.9 Å². The molecule has 0 fully saturated rings. The van der Waals surface area contributed by atoms with Gasteiger partial charge in [-0.15, -0.1) is 0 Å². The molecule has 0 saturated heterocycles. The van der Waals surface area contributed by atoms with Gasteiger partial charge in [-0.05, 0) is 35.7 Å². The van der Waals surface area contributed by atoms with Gasteiger partial charge in [-0.25, -0.2) is 23.2 Å². The van der Waals surface area contributed by atoms with Crippen LogP contribution < -0.4 is 0 Å². The van der Waals surface area contributed by atoms with Gasteiger partial charge in [0.2, 0.25) is 0 Å². The van der Waals surface area contributed by atoms with Crippen LogP contribution in [0.1, 0.15) is 45.7 Å². The number of carbonyl (C=O) groups excluding carboxylic acids is 2. The summed E-state index contributed by atoms with van der Waals surface area (Å²) in [5.74, 6) is -1.58. The first-order valence-electron chi connectivity index (χ1n) is 14.2. The summed E-state index contributed by atoms with van der Waals surface area (Å²) in [5, 5.41) is 0. The van der Waals surface area contributed by atoms with Crippen LogP contribution >= 0.6 is 0 Å². The molecule has 2 aromatic heterocycles. The van der Waals surface area contributed by atoms with Crippen LogP contribution in [0.4, 0.5) is 11.6 Å². The molecule has 0 aliphatic rings. The minimum absolute atomic E-state index is 0.00842. The van der Waals surface area contributed by atoms with E-state index in [4.69, 9.17) is 9.47 Å². The molecule has 2 aromatic carbocycles. The average molecular weight is 662 g/mol. The van der Waals surface area contributed by atoms with Crippen molar-refractivity contribution in [3.05, 3.63) is 119 Å². The number of carbonyl (C=O) groups is 2. The van der Waals surface area contributed by atoms with E-state index in [0.717, 1.165) is 11.1 Å². The third-order valence-electron chi connectivity index (χ3n) is 6.23. The number of ether oxygens (including phenoxy) is 2. The fourth-order valence-corrected chi connectivity index (χ4v) is 5.56. The lowest BCUT2D eigenvalue weighted by molar-refractivity contribution is -0.146. The third-order valence-corrected chi connectivity index (χ3v) is 8.24. The van der Waals surface area contributed by atoms with E-state index in [1.807, 2.05) is 60.7 Å². The van der Waals surface area contributed by atoms with Crippen LogP contribution in [0.5, 0.6) is 0 Å². The fraction of sp³-hybridized carbons (Fsp3) is 0.242. The van der Waals surface area contributed by atoms with Crippen molar-refractivity contribution in [2.24, 2.45) is 8.73 Å². The van der Waals surface area contributed by atoms with Gasteiger partial charge < -0.3 is 9.47 Å². The molecule has 0 N–H and O–H groups in total. The molecule has 0 radical (unpaired) electrons. The summed E-state index contributed by atoms with van der Waals surface area (Å²) >= 11 is 0. The number of hydrogen-bond acceptors (Lipinski definition) is 11. The van der Waals surface area contributed by atoms with Crippen LogP contribution in [0.15, 0.2) is 100.0 Å². The first-order chi connectivity index (χ1) is 21.9. The molecule has 4 aromatic rings. The van der Waals surface area contributed by atoms with Crippen molar-refractivity contribution in [3.63, 3.8) is 0 Å². The predicted octanol–water partition coefficient (Wildman–Crippen LogP) is 5.88. The number of hydrogen-bond donors (Lipinski definition) is 0. The zero-order valence-corrected chi connectivity index (χ0v) is 27.6. The maximum absolute atomic E-state index is 13.3. The number of esters is 2. The normalized spacial score (nSPS) is 13.4. The molecule has 0 bridgehead atoms. The molecule has 46 heavy (non-hydrogen) atoms. The Bertz CT molecular complexity index is 1960. The minimum Gasteiger partial charge on any atom is -0.460 e. The second-order valence-corrected chi connectivity index (χ2v) is 15.7. The maximum atomic E-state index is 13.3. The maximum Gasteiger partial charge on any atom is 0.357 e. The minimum atomic E-state index is -2.83. The molecule has 0 aliphatic carbocycles. The summed E-state index contributed by atoms with van der Waals surface area (Å²) < 4.78 is 45.0. The van der Waals surface area contributed by atoms with E-state index in [9.17, 15) is 18.0 Å². The van der Waals surface area contributed by atoms with Crippen molar-refractivity contribution in [1.29, 1.82) is 0 Å². The van der Waals surface area contributed by atoms with Crippen LogP contribution in [0, 0.1) is 0 Å². The highest BCUT2D eigenvalue weighted by atomic mass is 32.2. The molecule has 11 nitrogen and oxygen atoms in total. The van der Waals surface area contributed by atoms with Gasteiger partial charge in [-0.1, -0.05) is 72.8 Å². The van der Waals surface area contributed by atoms with Gasteiger partial charge in [0.05, 0.1) is 33.3 Å². The van der Waals surface area contributed by atoms with Crippen molar-refractivity contribution >= 4 is 49.1 Å². The number of nitrogens with zero attached hydrogens (tertiary/aromatic N) is 5. The molecular weight excluding hydrogens is 627 g/mol. The van der Waals surface area contributed by atoms with Crippen molar-refractivity contribution in [2.45, 2.75) is 26.1 Å². The Morgan fingerprint density at radius 3 is 2.09 bits per heavy atom. The van der Waals surface area contributed by atoms with E-state index >= 15 is 0 Å². The standard InChI is InChI=1S/C33H35N5O6S2/c1-24(32(39)43-22-25-12-7-5-8-13-25)29-20-34-21-31(36-29)38-46(4,42)17-11-16-27-18-28(35-30(19-27)37-45(2,3)41)33(40)44-23-26-14-9-6-10-15-26/h5-16,18-21,24H,17,22-23H2,1-4H3/b16-11+. The van der Waals surface area contributed by atoms with Gasteiger partial charge in [-0.2, -0.15) is 8.73 Å². The quantitative estimate of drug-likeness (QED) is 0.170. The number of pyridine rings is 1. The Kier molecular flexibility index (Phi) is 11.5. The molecular formula is C33H35N5O6S2. The summed E-state index contributed by atoms with van der Waals surface area (Å²) in [6.07, 6.45) is 10.5. The summed E-state index contributed by atoms with van der Waals surface area (Å²) in [6.45, 7) is 1.85. The smallest absolute Gasteiger partial charge is 0.357 e. The lowest BCUT2D eigenvalue weighted by atomic mass is 10.1. The zero-order valence-electron chi connectivity index (χ0n) is 25.9. The Hall–Kier alpha value is -4.75. The van der Waals surface area contributed by atoms with E-state index in [2.05, 4.69) is 23.7 Å². The highest BCUT2D eigenvalue weighted by molar-refractivity contribution is 7.93. The number of benzene rings is 2. The van der Waals surface area contributed by atoms with E-state index in [0.29, 0.717) is 11.3 Å². The molecule has 0 saturated carbocycles. The van der Waals surface area contributed by atoms with E-state index < -0.39 is 37.3 Å². The Morgan fingerprint density at radius 2 is 1.46 bits per heavy atom. The van der Waals surface area contributed by atoms with Crippen molar-refractivity contribution in [3.8, 4) is 0 Å². The summed E-state index contributed by atoms with van der Waals surface area (Å²) in [7, 11) is -5.39. The van der Waals surface area contributed by atoms with Crippen LogP contribution in [0.2, 0.25) is 0 Å². The van der Waals surface area contributed by atoms with Crippen LogP contribution in [-0.2, 0) is 46.9 Å². The van der Waals surface area contributed by atoms with Gasteiger partial charge in [0.25, 0.3) is 0 Å². The topological polar surface area (TPSA) is 150 Å². The van der Waals surface area contributed by atoms with Gasteiger partial charge in [-0.3, -0.25) is 9.78 Å². The number of rotatable bonds is 12. The molecule has 4 rings (SSSR count). The Labute approximate surface area is 269 Å². The lowest BCUT2D eigenvalue weighted by Gasteiger charge is -2.11. The van der Waals surface area contributed by atoms with Crippen molar-refractivity contribution < 1.29 is 27.5 Å². The lowest BCUT2D eigenvalue weighted by Crippen LogP contribution is -2.14. The van der Waals surface area contributed by atoms with Gasteiger partial charge in [0, 0.05) is 34.7 Å². The Balaban J connectivity index is 1.47. The average Bonchev–Trinajstić information content (AvgIpc) is 3.02. The molecule has 0 spiro atoms. The van der Waals surface area contributed by atoms with Crippen molar-refractivity contribution in [2.75, 3.05) is 24.5 Å². The van der Waals surface area contributed by atoms with Gasteiger partial charge in [0.15, 0.2) is 17.3 Å². The molecule has 240 valence electrons. The zero-order chi connectivity index (χ0) is 33.2. The Morgan fingerprint density at radius 1 is 0.826 bits per heavy atom. The molecule has 2 unspecified atom stereocenters. The second kappa shape index (κ2) is 15.5. The predicted molar refractivity (Wildman–Crippen MR) is 179 cm³/mol. The number of aromatic nitrogens is 3. The highest BCUT2D eigenvalue weighted by Gasteiger charge is 2.19. The first kappa shape index (κ1) is 34.1. The van der Waals surface area contributed by atoms with E-state index in [1.165, 1.54) is 37.2 Å². The largest absolute Gasteiger partial charge is 0.460 e. The van der Waals surface area contributed by atoms with Crippen LogP contribution in [-0.4, -0.2) is 59.8 Å². The van der Waals surface area contributed by atoms with Gasteiger partial charge in [0.1, 0.15) is 13.2 Å². The summed E-state index contributed by atoms with van der Waals surface area (Å²) in [4.78, 5) is 38.2. The molecule has 2 heterocycles. The molecule has 2 atom stereocenters. The first-order valence-corrected chi connectivity index (χ1v) is 18.6. The van der Waals surface area contributed by atoms with Crippen LogP contribution in [0.3, 0.4) is 0 Å². The molecule has 13 heteroatoms. The highest BCUT2D eigenvalue weighted by Crippen LogP contribution is 2.20. The van der Waals surface area contributed by atoms with Crippen LogP contribution in [0.25, 0.3) is 6.08 Å². The fourth-order valence-electron chi connectivity index (χ4n) is 4.00. The second-order valence-electron chi connectivity index (χ2n) is 10.7. The van der Waals surface area contributed by atoms with Crippen molar-refractivity contribution in [1.82, 2.24) is 15.0 Å². The molecule has 0 amide bonds. The van der Waals surface area contributed by atoms with E-state index in [-0.39, 0.29) is 36.3 Å². The summed E-state index contributed by atoms with van der Waals surface area (Å²) in [6, 6.07) is 21.6. The summed E-state index contributed by atoms with van der Waals surface area (Å²) in [5.41, 5.74) is 2.53. The SMILES string of the molecule is CC(C(=O)OCc1ccccc1)c1cncc(N=S(C)(=O)C/C=C/c2cc(N=S(C)(C)=O)nc(C(=O)OCc3ccccc3)c2)n1. The van der Waals surface area contributed by atoms with E-state index in [1.54, 1.807) is 25.1 Å². The monoisotopic (exact) mass is 661 g/mol.